The third-order valence-corrected chi connectivity index (χ3v) is 11.8. The largest absolute Gasteiger partial charge is 0.480 e. The summed E-state index contributed by atoms with van der Waals surface area (Å²) in [6.07, 6.45) is 2.00. The Morgan fingerprint density at radius 3 is 1.61 bits per heavy atom. The van der Waals surface area contributed by atoms with Crippen molar-refractivity contribution in [1.29, 1.82) is 0 Å². The Labute approximate surface area is 408 Å². The normalized spacial score (nSPS) is 15.0. The van der Waals surface area contributed by atoms with Crippen molar-refractivity contribution in [2.24, 2.45) is 11.7 Å². The number of nitrogens with two attached hydrogens (primary N) is 1. The van der Waals surface area contributed by atoms with E-state index in [0.717, 1.165) is 22.5 Å². The van der Waals surface area contributed by atoms with Gasteiger partial charge in [0, 0.05) is 46.0 Å². The SMILES string of the molecule is CC[C@H](C)C(NC(=O)[C@H](C)NC(=O)[C@H](C)NC(=O)[C@@H](CO)NC(=O)N1c2ccc(N(C)C)cc2Cc2cc(N(C)C)ccc21)C(=O)N[C@@H](CCCCN)C(=O)N[C@@H](C)C(=O)NCC(=O)N[C@@H](C)C(=O)O. The number of nitrogens with one attached hydrogen (secondary N) is 8. The fraction of sp³-hybridized carbons (Fsp3) is 0.553. The average molecular weight is 981 g/mol. The number of aliphatic hydroxyl groups is 1. The van der Waals surface area contributed by atoms with E-state index < -0.39 is 115 Å². The minimum atomic E-state index is -1.48. The van der Waals surface area contributed by atoms with E-state index in [0.29, 0.717) is 43.6 Å². The molecule has 9 amide bonds. The van der Waals surface area contributed by atoms with Gasteiger partial charge in [0.2, 0.25) is 41.4 Å². The topological polar surface area (TPSA) is 326 Å². The highest BCUT2D eigenvalue weighted by Crippen LogP contribution is 2.41. The van der Waals surface area contributed by atoms with Crippen LogP contribution >= 0.6 is 0 Å². The van der Waals surface area contributed by atoms with Gasteiger partial charge in [0.1, 0.15) is 42.3 Å². The van der Waals surface area contributed by atoms with Crippen molar-refractivity contribution < 1.29 is 53.4 Å². The molecular weight excluding hydrogens is 909 g/mol. The summed E-state index contributed by atoms with van der Waals surface area (Å²) in [5.74, 6) is -7.13. The molecule has 0 spiro atoms. The number of hydrogen-bond acceptors (Lipinski definition) is 13. The third-order valence-electron chi connectivity index (χ3n) is 11.8. The zero-order valence-corrected chi connectivity index (χ0v) is 41.7. The second-order valence-corrected chi connectivity index (χ2v) is 17.9. The number of carbonyl (C=O) groups is 9. The van der Waals surface area contributed by atoms with Crippen molar-refractivity contribution in [2.45, 2.75) is 116 Å². The first-order chi connectivity index (χ1) is 32.9. The fourth-order valence-electron chi connectivity index (χ4n) is 7.22. The monoisotopic (exact) mass is 981 g/mol. The van der Waals surface area contributed by atoms with Gasteiger partial charge >= 0.3 is 12.0 Å². The molecule has 2 aromatic carbocycles. The lowest BCUT2D eigenvalue weighted by Crippen LogP contribution is -2.60. The molecule has 8 atom stereocenters. The Morgan fingerprint density at radius 1 is 0.629 bits per heavy atom. The van der Waals surface area contributed by atoms with Gasteiger partial charge in [-0.2, -0.15) is 0 Å². The van der Waals surface area contributed by atoms with Crippen LogP contribution in [0, 0.1) is 5.92 Å². The number of carbonyl (C=O) groups excluding carboxylic acids is 8. The Bertz CT molecular complexity index is 2170. The number of aliphatic hydroxyl groups excluding tert-OH is 1. The van der Waals surface area contributed by atoms with E-state index in [-0.39, 0.29) is 6.42 Å². The molecule has 386 valence electrons. The van der Waals surface area contributed by atoms with Crippen molar-refractivity contribution in [2.75, 3.05) is 62.6 Å². The molecule has 23 nitrogen and oxygen atoms in total. The number of aliphatic carboxylic acids is 1. The summed E-state index contributed by atoms with van der Waals surface area (Å²) >= 11 is 0. The van der Waals surface area contributed by atoms with E-state index in [4.69, 9.17) is 10.8 Å². The van der Waals surface area contributed by atoms with E-state index in [9.17, 15) is 48.3 Å². The van der Waals surface area contributed by atoms with Crippen LogP contribution in [0.15, 0.2) is 36.4 Å². The van der Waals surface area contributed by atoms with Crippen molar-refractivity contribution in [3.8, 4) is 0 Å². The van der Waals surface area contributed by atoms with E-state index in [2.05, 4.69) is 42.5 Å². The van der Waals surface area contributed by atoms with Gasteiger partial charge < -0.3 is 68.3 Å². The molecule has 70 heavy (non-hydrogen) atoms. The molecule has 0 bridgehead atoms. The van der Waals surface area contributed by atoms with Crippen molar-refractivity contribution in [3.63, 3.8) is 0 Å². The number of fused-ring (bicyclic) bond motifs is 2. The molecule has 1 heterocycles. The first kappa shape index (κ1) is 57.3. The lowest BCUT2D eigenvalue weighted by molar-refractivity contribution is -0.141. The molecule has 0 fully saturated rings. The molecule has 2 aromatic rings. The number of carboxylic acid groups (broad SMARTS) is 1. The Hall–Kier alpha value is -7.01. The van der Waals surface area contributed by atoms with Gasteiger partial charge in [-0.15, -0.1) is 0 Å². The van der Waals surface area contributed by atoms with Gasteiger partial charge in [-0.3, -0.25) is 43.3 Å². The molecule has 1 aliphatic heterocycles. The summed E-state index contributed by atoms with van der Waals surface area (Å²) in [4.78, 5) is 123. The smallest absolute Gasteiger partial charge is 0.327 e. The van der Waals surface area contributed by atoms with Gasteiger partial charge in [0.25, 0.3) is 0 Å². The highest BCUT2D eigenvalue weighted by molar-refractivity contribution is 6.05. The van der Waals surface area contributed by atoms with Crippen molar-refractivity contribution in [1.82, 2.24) is 42.5 Å². The predicted octanol–water partition coefficient (Wildman–Crippen LogP) is -0.704. The summed E-state index contributed by atoms with van der Waals surface area (Å²) < 4.78 is 0. The number of unbranched alkanes of at least 4 members (excludes halogenated alkanes) is 1. The Balaban J connectivity index is 1.66. The molecule has 0 saturated carbocycles. The van der Waals surface area contributed by atoms with Crippen molar-refractivity contribution in [3.05, 3.63) is 47.5 Å². The summed E-state index contributed by atoms with van der Waals surface area (Å²) in [6.45, 7) is 7.76. The second kappa shape index (κ2) is 26.7. The minimum absolute atomic E-state index is 0.118. The van der Waals surface area contributed by atoms with Gasteiger partial charge in [-0.25, -0.2) is 4.79 Å². The first-order valence-corrected chi connectivity index (χ1v) is 23.3. The van der Waals surface area contributed by atoms with Crippen LogP contribution in [-0.2, 0) is 44.8 Å². The first-order valence-electron chi connectivity index (χ1n) is 23.3. The summed E-state index contributed by atoms with van der Waals surface area (Å²) in [5, 5.41) is 39.2. The maximum Gasteiger partial charge on any atom is 0.327 e. The predicted molar refractivity (Wildman–Crippen MR) is 263 cm³/mol. The average Bonchev–Trinajstić information content (AvgIpc) is 3.31. The molecule has 12 N–H and O–H groups in total. The van der Waals surface area contributed by atoms with Crippen LogP contribution in [0.5, 0.6) is 0 Å². The summed E-state index contributed by atoms with van der Waals surface area (Å²) in [5.41, 5.74) is 10.4. The number of rotatable bonds is 25. The van der Waals surface area contributed by atoms with Gasteiger partial charge in [-0.05, 0) is 107 Å². The fourth-order valence-corrected chi connectivity index (χ4v) is 7.22. The highest BCUT2D eigenvalue weighted by Gasteiger charge is 2.35. The van der Waals surface area contributed by atoms with Crippen LogP contribution in [0.2, 0.25) is 0 Å². The molecule has 1 aliphatic rings. The van der Waals surface area contributed by atoms with E-state index >= 15 is 0 Å². The van der Waals surface area contributed by atoms with Crippen LogP contribution in [0.25, 0.3) is 0 Å². The molecule has 1 unspecified atom stereocenters. The van der Waals surface area contributed by atoms with Gasteiger partial charge in [0.05, 0.1) is 24.5 Å². The number of amides is 9. The van der Waals surface area contributed by atoms with Crippen LogP contribution < -0.4 is 63.0 Å². The second-order valence-electron chi connectivity index (χ2n) is 17.9. The molecule has 23 heteroatoms. The molecule has 0 radical (unpaired) electrons. The van der Waals surface area contributed by atoms with Crippen LogP contribution in [0.1, 0.15) is 78.4 Å². The zero-order chi connectivity index (χ0) is 52.6. The third kappa shape index (κ3) is 16.0. The summed E-state index contributed by atoms with van der Waals surface area (Å²) in [7, 11) is 7.64. The Morgan fingerprint density at radius 2 is 1.13 bits per heavy atom. The number of urea groups is 1. The lowest BCUT2D eigenvalue weighted by atomic mass is 9.94. The van der Waals surface area contributed by atoms with Crippen molar-refractivity contribution >= 4 is 76.1 Å². The number of hydrogen-bond donors (Lipinski definition) is 11. The zero-order valence-electron chi connectivity index (χ0n) is 41.7. The Kier molecular flexibility index (Phi) is 21.8. The number of nitrogens with zero attached hydrogens (tertiary/aromatic N) is 3. The van der Waals surface area contributed by atoms with E-state index in [1.165, 1.54) is 32.6 Å². The molecule has 0 saturated heterocycles. The molecular formula is C47H72N12O11. The standard InChI is InChI=1S/C47H72N12O11/c1-11-25(2)39(45(67)54-34(14-12-13-19-48)43(65)52-26(3)40(62)49-23-38(61)50-29(6)46(68)69)56-42(64)28(5)51-41(63)27(4)53-44(66)35(24-60)55-47(70)59-36-17-15-32(57(7)8)21-30(36)20-31-22-33(58(9)10)16-18-37(31)59/h15-18,21-22,25-29,34-35,39,60H,11-14,19-20,23-24,48H2,1-10H3,(H,49,62)(H,50,61)(H,51,63)(H,52,65)(H,53,66)(H,54,67)(H,55,70)(H,56,64)(H,68,69)/t25-,26-,27-,28-,29-,34-,35+,39?/m0/s1. The van der Waals surface area contributed by atoms with Crippen LogP contribution in [0.4, 0.5) is 27.5 Å². The van der Waals surface area contributed by atoms with Gasteiger partial charge in [0.15, 0.2) is 0 Å². The maximum absolute atomic E-state index is 14.1. The van der Waals surface area contributed by atoms with E-state index in [1.54, 1.807) is 13.8 Å². The minimum Gasteiger partial charge on any atom is -0.480 e. The quantitative estimate of drug-likeness (QED) is 0.0549. The molecule has 0 aliphatic carbocycles. The van der Waals surface area contributed by atoms with Crippen LogP contribution in [0.3, 0.4) is 0 Å². The number of benzene rings is 2. The maximum atomic E-state index is 14.1. The molecule has 3 rings (SSSR count). The van der Waals surface area contributed by atoms with Gasteiger partial charge in [-0.1, -0.05) is 20.3 Å². The molecule has 0 aromatic heterocycles. The highest BCUT2D eigenvalue weighted by atomic mass is 16.4. The number of anilines is 4. The van der Waals surface area contributed by atoms with E-state index in [1.807, 2.05) is 74.4 Å². The summed E-state index contributed by atoms with van der Waals surface area (Å²) in [6, 6.07) is 1.94. The lowest BCUT2D eigenvalue weighted by Gasteiger charge is -2.34. The number of carboxylic acids is 1. The van der Waals surface area contributed by atoms with Crippen LogP contribution in [-0.4, -0.2) is 154 Å².